The van der Waals surface area contributed by atoms with E-state index < -0.39 is 7.12 Å². The van der Waals surface area contributed by atoms with Crippen molar-refractivity contribution in [1.82, 2.24) is 15.0 Å². The lowest BCUT2D eigenvalue weighted by Crippen LogP contribution is -2.32. The van der Waals surface area contributed by atoms with Crippen LogP contribution < -0.4 is 14.9 Å². The zero-order valence-corrected chi connectivity index (χ0v) is 14.2. The Hall–Kier alpha value is -2.71. The van der Waals surface area contributed by atoms with E-state index in [0.717, 1.165) is 17.9 Å². The zero-order chi connectivity index (χ0) is 18.1. The van der Waals surface area contributed by atoms with Gasteiger partial charge in [-0.2, -0.15) is 0 Å². The number of pyridine rings is 3. The highest BCUT2D eigenvalue weighted by atomic mass is 16.5. The van der Waals surface area contributed by atoms with E-state index in [4.69, 9.17) is 9.47 Å². The number of hydrogen-bond donors (Lipinski definition) is 2. The Labute approximate surface area is 150 Å². The average Bonchev–Trinajstić information content (AvgIpc) is 3.45. The van der Waals surface area contributed by atoms with Gasteiger partial charge in [-0.15, -0.1) is 0 Å². The molecule has 3 aromatic rings. The van der Waals surface area contributed by atoms with Gasteiger partial charge in [-0.25, -0.2) is 4.98 Å². The van der Waals surface area contributed by atoms with Crippen molar-refractivity contribution in [2.24, 2.45) is 5.92 Å². The van der Waals surface area contributed by atoms with Gasteiger partial charge in [0.05, 0.1) is 30.9 Å². The van der Waals surface area contributed by atoms with Gasteiger partial charge in [0.25, 0.3) is 0 Å². The molecule has 1 aliphatic rings. The summed E-state index contributed by atoms with van der Waals surface area (Å²) in [5.41, 5.74) is 2.47. The second-order valence-corrected chi connectivity index (χ2v) is 6.33. The lowest BCUT2D eigenvalue weighted by Gasteiger charge is -2.11. The minimum atomic E-state index is -1.66. The van der Waals surface area contributed by atoms with Crippen LogP contribution in [-0.2, 0) is 0 Å². The van der Waals surface area contributed by atoms with Crippen LogP contribution in [0.5, 0.6) is 11.6 Å². The first-order valence-corrected chi connectivity index (χ1v) is 8.40. The highest BCUT2D eigenvalue weighted by Gasteiger charge is 2.40. The summed E-state index contributed by atoms with van der Waals surface area (Å²) >= 11 is 0. The normalized spacial score (nSPS) is 18.6. The summed E-state index contributed by atoms with van der Waals surface area (Å²) < 4.78 is 10.9. The van der Waals surface area contributed by atoms with Crippen LogP contribution in [0.2, 0.25) is 0 Å². The molecule has 7 nitrogen and oxygen atoms in total. The Bertz CT molecular complexity index is 920. The van der Waals surface area contributed by atoms with Crippen molar-refractivity contribution in [2.75, 3.05) is 13.7 Å². The maximum absolute atomic E-state index is 9.61. The number of hydrogen-bond acceptors (Lipinski definition) is 7. The van der Waals surface area contributed by atoms with Gasteiger partial charge >= 0.3 is 7.12 Å². The molecule has 1 saturated carbocycles. The topological polar surface area (TPSA) is 97.6 Å². The predicted octanol–water partition coefficient (Wildman–Crippen LogP) is 0.896. The minimum absolute atomic E-state index is 0.218. The quantitative estimate of drug-likeness (QED) is 0.637. The number of ether oxygens (including phenoxy) is 2. The van der Waals surface area contributed by atoms with Crippen LogP contribution >= 0.6 is 0 Å². The van der Waals surface area contributed by atoms with Gasteiger partial charge in [0.2, 0.25) is 5.88 Å². The Morgan fingerprint density at radius 2 is 2.08 bits per heavy atom. The van der Waals surface area contributed by atoms with Crippen molar-refractivity contribution in [3.63, 3.8) is 0 Å². The summed E-state index contributed by atoms with van der Waals surface area (Å²) in [7, 11) is -0.0499. The molecule has 0 spiro atoms. The fraction of sp³-hybridized carbons (Fsp3) is 0.278. The molecule has 132 valence electrons. The van der Waals surface area contributed by atoms with E-state index in [1.54, 1.807) is 31.6 Å². The standard InChI is InChI=1S/C18H18BN3O4/c1-25-12-4-5-15(21-9-12)13-7-11(13)10-26-18-14(19(23)24)8-17-16(22-18)3-2-6-20-17/h2-6,8-9,11,13,23-24H,7,10H2,1H3/t11-,13+/m1/s1. The number of rotatable bonds is 6. The first kappa shape index (κ1) is 16.7. The van der Waals surface area contributed by atoms with E-state index in [2.05, 4.69) is 15.0 Å². The van der Waals surface area contributed by atoms with Crippen molar-refractivity contribution >= 4 is 23.6 Å². The Kier molecular flexibility index (Phi) is 4.44. The number of methoxy groups -OCH3 is 1. The molecule has 0 aromatic carbocycles. The van der Waals surface area contributed by atoms with Crippen molar-refractivity contribution in [3.8, 4) is 11.6 Å². The second kappa shape index (κ2) is 6.89. The van der Waals surface area contributed by atoms with Crippen LogP contribution in [0.4, 0.5) is 0 Å². The van der Waals surface area contributed by atoms with Crippen LogP contribution in [0.1, 0.15) is 18.0 Å². The molecular weight excluding hydrogens is 333 g/mol. The van der Waals surface area contributed by atoms with E-state index in [0.29, 0.717) is 29.5 Å². The molecule has 2 N–H and O–H groups in total. The van der Waals surface area contributed by atoms with Gasteiger partial charge in [0.1, 0.15) is 5.75 Å². The molecule has 0 unspecified atom stereocenters. The third kappa shape index (κ3) is 3.33. The third-order valence-electron chi connectivity index (χ3n) is 4.59. The van der Waals surface area contributed by atoms with Crippen LogP contribution in [0.3, 0.4) is 0 Å². The van der Waals surface area contributed by atoms with Crippen LogP contribution in [0.25, 0.3) is 11.0 Å². The maximum atomic E-state index is 9.61. The van der Waals surface area contributed by atoms with Crippen molar-refractivity contribution in [2.45, 2.75) is 12.3 Å². The van der Waals surface area contributed by atoms with E-state index in [-0.39, 0.29) is 11.3 Å². The molecule has 4 rings (SSSR count). The molecule has 8 heteroatoms. The predicted molar refractivity (Wildman–Crippen MR) is 96.5 cm³/mol. The smallest absolute Gasteiger partial charge is 0.494 e. The number of nitrogens with zero attached hydrogens (tertiary/aromatic N) is 3. The highest BCUT2D eigenvalue weighted by molar-refractivity contribution is 6.59. The molecule has 2 atom stereocenters. The van der Waals surface area contributed by atoms with Gasteiger partial charge in [-0.1, -0.05) is 0 Å². The SMILES string of the molecule is COc1ccc([C@H]2C[C@@H]2COc2nc3cccnc3cc2B(O)O)nc1. The Balaban J connectivity index is 1.47. The summed E-state index contributed by atoms with van der Waals surface area (Å²) in [6.45, 7) is 0.441. The molecule has 0 aliphatic heterocycles. The minimum Gasteiger partial charge on any atom is -0.495 e. The summed E-state index contributed by atoms with van der Waals surface area (Å²) in [5.74, 6) is 1.63. The van der Waals surface area contributed by atoms with Gasteiger partial charge in [-0.05, 0) is 36.8 Å². The molecule has 0 radical (unpaired) electrons. The van der Waals surface area contributed by atoms with E-state index >= 15 is 0 Å². The van der Waals surface area contributed by atoms with E-state index in [1.807, 2.05) is 18.2 Å². The number of aromatic nitrogens is 3. The lowest BCUT2D eigenvalue weighted by atomic mass is 9.80. The highest BCUT2D eigenvalue weighted by Crippen LogP contribution is 2.46. The van der Waals surface area contributed by atoms with Gasteiger partial charge in [-0.3, -0.25) is 9.97 Å². The van der Waals surface area contributed by atoms with Gasteiger partial charge in [0.15, 0.2) is 0 Å². The van der Waals surface area contributed by atoms with Crippen molar-refractivity contribution in [1.29, 1.82) is 0 Å². The van der Waals surface area contributed by atoms with Crippen molar-refractivity contribution < 1.29 is 19.5 Å². The fourth-order valence-corrected chi connectivity index (χ4v) is 3.01. The molecule has 1 fully saturated rings. The molecule has 26 heavy (non-hydrogen) atoms. The molecular formula is C18H18BN3O4. The van der Waals surface area contributed by atoms with Gasteiger partial charge in [0, 0.05) is 29.2 Å². The van der Waals surface area contributed by atoms with E-state index in [1.165, 1.54) is 0 Å². The molecule has 3 heterocycles. The summed E-state index contributed by atoms with van der Waals surface area (Å²) in [6, 6.07) is 9.05. The van der Waals surface area contributed by atoms with Crippen LogP contribution in [0.15, 0.2) is 42.7 Å². The Morgan fingerprint density at radius 1 is 1.19 bits per heavy atom. The third-order valence-corrected chi connectivity index (χ3v) is 4.59. The molecule has 1 aliphatic carbocycles. The number of fused-ring (bicyclic) bond motifs is 1. The van der Waals surface area contributed by atoms with Gasteiger partial charge < -0.3 is 19.5 Å². The summed E-state index contributed by atoms with van der Waals surface area (Å²) in [6.07, 6.45) is 4.32. The van der Waals surface area contributed by atoms with Crippen molar-refractivity contribution in [3.05, 3.63) is 48.4 Å². The molecule has 0 saturated heterocycles. The largest absolute Gasteiger partial charge is 0.495 e. The monoisotopic (exact) mass is 351 g/mol. The van der Waals surface area contributed by atoms with E-state index in [9.17, 15) is 10.0 Å². The van der Waals surface area contributed by atoms with Crippen LogP contribution in [0, 0.1) is 5.92 Å². The maximum Gasteiger partial charge on any atom is 0.494 e. The molecule has 3 aromatic heterocycles. The molecule has 0 bridgehead atoms. The second-order valence-electron chi connectivity index (χ2n) is 6.33. The first-order chi connectivity index (χ1) is 12.7. The first-order valence-electron chi connectivity index (χ1n) is 8.40. The molecule has 0 amide bonds. The summed E-state index contributed by atoms with van der Waals surface area (Å²) in [5, 5.41) is 19.2. The Morgan fingerprint density at radius 3 is 2.81 bits per heavy atom. The lowest BCUT2D eigenvalue weighted by molar-refractivity contribution is 0.287. The summed E-state index contributed by atoms with van der Waals surface area (Å²) in [4.78, 5) is 13.0. The van der Waals surface area contributed by atoms with Crippen LogP contribution in [-0.4, -0.2) is 45.8 Å². The zero-order valence-electron chi connectivity index (χ0n) is 14.2. The fourth-order valence-electron chi connectivity index (χ4n) is 3.01. The average molecular weight is 351 g/mol.